The summed E-state index contributed by atoms with van der Waals surface area (Å²) in [5, 5.41) is 0.821. The Bertz CT molecular complexity index is 536. The Morgan fingerprint density at radius 1 is 1.28 bits per heavy atom. The highest BCUT2D eigenvalue weighted by molar-refractivity contribution is 6.31. The number of pyridine rings is 1. The van der Waals surface area contributed by atoms with E-state index in [1.165, 1.54) is 11.3 Å². The molecule has 94 valence electrons. The van der Waals surface area contributed by atoms with Gasteiger partial charge in [-0.2, -0.15) is 0 Å². The third-order valence-electron chi connectivity index (χ3n) is 3.00. The van der Waals surface area contributed by atoms with Gasteiger partial charge in [0.15, 0.2) is 0 Å². The molecule has 0 saturated heterocycles. The zero-order chi connectivity index (χ0) is 13.1. The Labute approximate surface area is 113 Å². The molecule has 0 N–H and O–H groups in total. The van der Waals surface area contributed by atoms with Crippen LogP contribution in [-0.2, 0) is 6.42 Å². The summed E-state index contributed by atoms with van der Waals surface area (Å²) in [6.07, 6.45) is 4.58. The molecular weight excluding hydrogens is 244 g/mol. The van der Waals surface area contributed by atoms with Gasteiger partial charge in [0.1, 0.15) is 0 Å². The van der Waals surface area contributed by atoms with Crippen molar-refractivity contribution in [3.05, 3.63) is 47.2 Å². The predicted octanol–water partition coefficient (Wildman–Crippen LogP) is 4.03. The summed E-state index contributed by atoms with van der Waals surface area (Å²) in [6.45, 7) is 2.12. The van der Waals surface area contributed by atoms with Gasteiger partial charge >= 0.3 is 0 Å². The molecule has 2 nitrogen and oxygen atoms in total. The summed E-state index contributed by atoms with van der Waals surface area (Å²) in [4.78, 5) is 6.28. The van der Waals surface area contributed by atoms with Crippen LogP contribution in [0.25, 0.3) is 11.1 Å². The fraction of sp³-hybridized carbons (Fsp3) is 0.267. The van der Waals surface area contributed by atoms with Crippen molar-refractivity contribution >= 4 is 17.3 Å². The number of benzene rings is 1. The third-order valence-corrected chi connectivity index (χ3v) is 3.35. The molecular formula is C15H17ClN2. The number of nitrogens with zero attached hydrogens (tertiary/aromatic N) is 2. The molecule has 0 aliphatic carbocycles. The first-order valence-electron chi connectivity index (χ1n) is 6.03. The van der Waals surface area contributed by atoms with E-state index < -0.39 is 0 Å². The maximum Gasteiger partial charge on any atom is 0.0445 e. The van der Waals surface area contributed by atoms with Crippen LogP contribution in [0, 0.1) is 0 Å². The van der Waals surface area contributed by atoms with E-state index in [0.717, 1.165) is 22.6 Å². The number of rotatable bonds is 3. The van der Waals surface area contributed by atoms with Gasteiger partial charge in [-0.25, -0.2) is 0 Å². The number of anilines is 1. The summed E-state index contributed by atoms with van der Waals surface area (Å²) in [5.41, 5.74) is 4.55. The molecule has 0 radical (unpaired) electrons. The van der Waals surface area contributed by atoms with Crippen molar-refractivity contribution in [2.24, 2.45) is 0 Å². The molecule has 0 atom stereocenters. The van der Waals surface area contributed by atoms with Crippen molar-refractivity contribution in [2.45, 2.75) is 13.3 Å². The molecule has 3 heteroatoms. The average Bonchev–Trinajstić information content (AvgIpc) is 2.39. The van der Waals surface area contributed by atoms with E-state index in [4.69, 9.17) is 11.6 Å². The van der Waals surface area contributed by atoms with Crippen LogP contribution in [0.2, 0.25) is 5.02 Å². The van der Waals surface area contributed by atoms with Crippen LogP contribution in [0.5, 0.6) is 0 Å². The van der Waals surface area contributed by atoms with Gasteiger partial charge < -0.3 is 4.90 Å². The molecule has 0 spiro atoms. The van der Waals surface area contributed by atoms with Crippen molar-refractivity contribution in [3.63, 3.8) is 0 Å². The standard InChI is InChI=1S/C15H17ClN2/c1-4-11-8-15(18(2)3)13(9-14(11)16)12-6-5-7-17-10-12/h5-10H,4H2,1-3H3. The van der Waals surface area contributed by atoms with E-state index in [1.807, 2.05) is 32.4 Å². The van der Waals surface area contributed by atoms with Gasteiger partial charge in [0.25, 0.3) is 0 Å². The first kappa shape index (κ1) is 12.9. The first-order chi connectivity index (χ1) is 8.63. The highest BCUT2D eigenvalue weighted by atomic mass is 35.5. The topological polar surface area (TPSA) is 16.1 Å². The number of hydrogen-bond acceptors (Lipinski definition) is 2. The molecule has 0 unspecified atom stereocenters. The lowest BCUT2D eigenvalue weighted by Gasteiger charge is -2.19. The molecule has 0 amide bonds. The molecule has 0 saturated carbocycles. The predicted molar refractivity (Wildman–Crippen MR) is 78.4 cm³/mol. The largest absolute Gasteiger partial charge is 0.377 e. The number of aromatic nitrogens is 1. The van der Waals surface area contributed by atoms with Crippen LogP contribution in [-0.4, -0.2) is 19.1 Å². The van der Waals surface area contributed by atoms with Crippen LogP contribution < -0.4 is 4.90 Å². The molecule has 0 bridgehead atoms. The van der Waals surface area contributed by atoms with Gasteiger partial charge in [0.2, 0.25) is 0 Å². The van der Waals surface area contributed by atoms with E-state index in [-0.39, 0.29) is 0 Å². The monoisotopic (exact) mass is 260 g/mol. The third kappa shape index (κ3) is 2.49. The van der Waals surface area contributed by atoms with Crippen molar-refractivity contribution in [3.8, 4) is 11.1 Å². The van der Waals surface area contributed by atoms with Crippen molar-refractivity contribution in [1.82, 2.24) is 4.98 Å². The summed E-state index contributed by atoms with van der Waals surface area (Å²) in [6, 6.07) is 8.19. The van der Waals surface area contributed by atoms with Crippen molar-refractivity contribution in [1.29, 1.82) is 0 Å². The van der Waals surface area contributed by atoms with Crippen LogP contribution in [0.3, 0.4) is 0 Å². The maximum absolute atomic E-state index is 6.32. The molecule has 18 heavy (non-hydrogen) atoms. The summed E-state index contributed by atoms with van der Waals surface area (Å²) in [5.74, 6) is 0. The SMILES string of the molecule is CCc1cc(N(C)C)c(-c2cccnc2)cc1Cl. The number of halogens is 1. The summed E-state index contributed by atoms with van der Waals surface area (Å²) < 4.78 is 0. The number of aryl methyl sites for hydroxylation is 1. The lowest BCUT2D eigenvalue weighted by Crippen LogP contribution is -2.10. The molecule has 2 rings (SSSR count). The molecule has 2 aromatic rings. The Balaban J connectivity index is 2.63. The van der Waals surface area contributed by atoms with E-state index in [2.05, 4.69) is 28.9 Å². The Morgan fingerprint density at radius 2 is 2.06 bits per heavy atom. The molecule has 1 heterocycles. The van der Waals surface area contributed by atoms with Crippen LogP contribution in [0.1, 0.15) is 12.5 Å². The molecule has 1 aromatic carbocycles. The fourth-order valence-electron chi connectivity index (χ4n) is 2.00. The molecule has 1 aromatic heterocycles. The lowest BCUT2D eigenvalue weighted by molar-refractivity contribution is 1.10. The van der Waals surface area contributed by atoms with E-state index in [0.29, 0.717) is 0 Å². The van der Waals surface area contributed by atoms with Crippen LogP contribution >= 0.6 is 11.6 Å². The minimum absolute atomic E-state index is 0.821. The van der Waals surface area contributed by atoms with Gasteiger partial charge in [0.05, 0.1) is 0 Å². The first-order valence-corrected chi connectivity index (χ1v) is 6.41. The van der Waals surface area contributed by atoms with Crippen molar-refractivity contribution < 1.29 is 0 Å². The highest BCUT2D eigenvalue weighted by Crippen LogP contribution is 2.34. The highest BCUT2D eigenvalue weighted by Gasteiger charge is 2.11. The normalized spacial score (nSPS) is 10.4. The lowest BCUT2D eigenvalue weighted by atomic mass is 10.0. The molecule has 0 aliphatic heterocycles. The van der Waals surface area contributed by atoms with Gasteiger partial charge in [-0.05, 0) is 30.2 Å². The Morgan fingerprint density at radius 3 is 2.61 bits per heavy atom. The fourth-order valence-corrected chi connectivity index (χ4v) is 2.30. The van der Waals surface area contributed by atoms with Gasteiger partial charge in [-0.1, -0.05) is 24.6 Å². The quantitative estimate of drug-likeness (QED) is 0.828. The number of hydrogen-bond donors (Lipinski definition) is 0. The van der Waals surface area contributed by atoms with Gasteiger partial charge in [-0.15, -0.1) is 0 Å². The molecule has 0 aliphatic rings. The Kier molecular flexibility index (Phi) is 3.87. The maximum atomic E-state index is 6.32. The second-order valence-electron chi connectivity index (χ2n) is 4.45. The zero-order valence-electron chi connectivity index (χ0n) is 10.9. The van der Waals surface area contributed by atoms with Gasteiger partial charge in [-0.3, -0.25) is 4.98 Å². The smallest absolute Gasteiger partial charge is 0.0445 e. The average molecular weight is 261 g/mol. The molecule has 0 fully saturated rings. The van der Waals surface area contributed by atoms with E-state index >= 15 is 0 Å². The van der Waals surface area contributed by atoms with E-state index in [9.17, 15) is 0 Å². The van der Waals surface area contributed by atoms with Gasteiger partial charge in [0, 0.05) is 48.3 Å². The second kappa shape index (κ2) is 5.40. The second-order valence-corrected chi connectivity index (χ2v) is 4.86. The van der Waals surface area contributed by atoms with Crippen molar-refractivity contribution in [2.75, 3.05) is 19.0 Å². The van der Waals surface area contributed by atoms with E-state index in [1.54, 1.807) is 6.20 Å². The van der Waals surface area contributed by atoms with Crippen LogP contribution in [0.15, 0.2) is 36.7 Å². The van der Waals surface area contributed by atoms with Crippen LogP contribution in [0.4, 0.5) is 5.69 Å². The zero-order valence-corrected chi connectivity index (χ0v) is 11.7. The minimum atomic E-state index is 0.821. The summed E-state index contributed by atoms with van der Waals surface area (Å²) in [7, 11) is 4.09. The Hall–Kier alpha value is -1.54. The summed E-state index contributed by atoms with van der Waals surface area (Å²) >= 11 is 6.32. The minimum Gasteiger partial charge on any atom is -0.377 e.